The predicted molar refractivity (Wildman–Crippen MR) is 98.5 cm³/mol. The number of benzene rings is 1. The van der Waals surface area contributed by atoms with Crippen molar-refractivity contribution in [1.29, 1.82) is 0 Å². The number of hydrogen-bond acceptors (Lipinski definition) is 5. The molecule has 0 radical (unpaired) electrons. The zero-order chi connectivity index (χ0) is 17.3. The van der Waals surface area contributed by atoms with Gasteiger partial charge in [0, 0.05) is 28.0 Å². The second-order valence-electron chi connectivity index (χ2n) is 6.52. The standard InChI is InChI=1S/C17H19BrN4OS/c1-11(14-20-15(21-23-14)17(2,3)4)24-16-19-9-10-22(16)13-7-5-12(18)6-8-13/h5-11H,1-4H3. The third-order valence-corrected chi connectivity index (χ3v) is 5.05. The monoisotopic (exact) mass is 406 g/mol. The van der Waals surface area contributed by atoms with Crippen molar-refractivity contribution >= 4 is 27.7 Å². The van der Waals surface area contributed by atoms with E-state index in [0.29, 0.717) is 5.89 Å². The van der Waals surface area contributed by atoms with Gasteiger partial charge in [0.1, 0.15) is 0 Å². The van der Waals surface area contributed by atoms with Crippen molar-refractivity contribution in [2.24, 2.45) is 0 Å². The fourth-order valence-electron chi connectivity index (χ4n) is 2.09. The van der Waals surface area contributed by atoms with Gasteiger partial charge in [-0.2, -0.15) is 4.98 Å². The van der Waals surface area contributed by atoms with E-state index in [9.17, 15) is 0 Å². The maximum atomic E-state index is 5.44. The Morgan fingerprint density at radius 2 is 1.92 bits per heavy atom. The summed E-state index contributed by atoms with van der Waals surface area (Å²) in [7, 11) is 0. The van der Waals surface area contributed by atoms with Crippen molar-refractivity contribution in [1.82, 2.24) is 19.7 Å². The Hall–Kier alpha value is -1.60. The van der Waals surface area contributed by atoms with E-state index in [1.165, 1.54) is 0 Å². The van der Waals surface area contributed by atoms with E-state index in [1.54, 1.807) is 18.0 Å². The molecule has 2 heterocycles. The summed E-state index contributed by atoms with van der Waals surface area (Å²) in [6.07, 6.45) is 3.75. The molecule has 0 bridgehead atoms. The van der Waals surface area contributed by atoms with Crippen molar-refractivity contribution in [2.45, 2.75) is 43.5 Å². The van der Waals surface area contributed by atoms with Gasteiger partial charge in [-0.15, -0.1) is 0 Å². The SMILES string of the molecule is CC(Sc1nccn1-c1ccc(Br)cc1)c1nc(C(C)(C)C)no1. The van der Waals surface area contributed by atoms with Crippen molar-refractivity contribution in [2.75, 3.05) is 0 Å². The van der Waals surface area contributed by atoms with Crippen LogP contribution in [0.4, 0.5) is 0 Å². The first kappa shape index (κ1) is 17.2. The number of hydrogen-bond donors (Lipinski definition) is 0. The topological polar surface area (TPSA) is 56.7 Å². The summed E-state index contributed by atoms with van der Waals surface area (Å²) in [5.41, 5.74) is 0.938. The molecule has 3 rings (SSSR count). The van der Waals surface area contributed by atoms with Crippen LogP contribution in [0.5, 0.6) is 0 Å². The van der Waals surface area contributed by atoms with Crippen molar-refractivity contribution in [3.05, 3.63) is 52.8 Å². The summed E-state index contributed by atoms with van der Waals surface area (Å²) < 4.78 is 8.54. The first-order chi connectivity index (χ1) is 11.3. The molecular formula is C17H19BrN4OS. The summed E-state index contributed by atoms with van der Waals surface area (Å²) in [6, 6.07) is 8.12. The van der Waals surface area contributed by atoms with Gasteiger partial charge < -0.3 is 4.52 Å². The van der Waals surface area contributed by atoms with Crippen LogP contribution in [-0.4, -0.2) is 19.7 Å². The third kappa shape index (κ3) is 3.72. The molecule has 0 spiro atoms. The molecule has 0 saturated carbocycles. The van der Waals surface area contributed by atoms with E-state index in [2.05, 4.69) is 56.4 Å². The molecule has 0 fully saturated rings. The lowest BCUT2D eigenvalue weighted by Crippen LogP contribution is -2.13. The predicted octanol–water partition coefficient (Wildman–Crippen LogP) is 5.17. The average Bonchev–Trinajstić information content (AvgIpc) is 3.16. The van der Waals surface area contributed by atoms with Gasteiger partial charge in [-0.25, -0.2) is 4.98 Å². The van der Waals surface area contributed by atoms with Gasteiger partial charge in [-0.05, 0) is 31.2 Å². The van der Waals surface area contributed by atoms with Crippen LogP contribution in [0.25, 0.3) is 5.69 Å². The van der Waals surface area contributed by atoms with Crippen LogP contribution in [0.15, 0.2) is 50.8 Å². The van der Waals surface area contributed by atoms with Crippen LogP contribution in [0.3, 0.4) is 0 Å². The zero-order valence-corrected chi connectivity index (χ0v) is 16.4. The molecule has 0 saturated heterocycles. The number of rotatable bonds is 4. The molecular weight excluding hydrogens is 388 g/mol. The highest BCUT2D eigenvalue weighted by Crippen LogP contribution is 2.35. The Labute approximate surface area is 154 Å². The Morgan fingerprint density at radius 3 is 2.54 bits per heavy atom. The van der Waals surface area contributed by atoms with Crippen LogP contribution >= 0.6 is 27.7 Å². The molecule has 0 aliphatic carbocycles. The van der Waals surface area contributed by atoms with E-state index in [1.807, 2.05) is 37.4 Å². The molecule has 0 amide bonds. The van der Waals surface area contributed by atoms with E-state index < -0.39 is 0 Å². The van der Waals surface area contributed by atoms with Gasteiger partial charge in [0.2, 0.25) is 5.89 Å². The number of imidazole rings is 1. The molecule has 2 aromatic heterocycles. The number of nitrogens with zero attached hydrogens (tertiary/aromatic N) is 4. The second-order valence-corrected chi connectivity index (χ2v) is 8.75. The maximum absolute atomic E-state index is 5.44. The molecule has 24 heavy (non-hydrogen) atoms. The summed E-state index contributed by atoms with van der Waals surface area (Å²) in [4.78, 5) is 8.99. The molecule has 0 aliphatic heterocycles. The van der Waals surface area contributed by atoms with Crippen molar-refractivity contribution < 1.29 is 4.52 Å². The Balaban J connectivity index is 1.80. The summed E-state index contributed by atoms with van der Waals surface area (Å²) in [6.45, 7) is 8.25. The van der Waals surface area contributed by atoms with Gasteiger partial charge in [0.25, 0.3) is 0 Å². The Morgan fingerprint density at radius 1 is 1.21 bits per heavy atom. The summed E-state index contributed by atoms with van der Waals surface area (Å²) in [5.74, 6) is 1.34. The van der Waals surface area contributed by atoms with Gasteiger partial charge in [0.15, 0.2) is 11.0 Å². The van der Waals surface area contributed by atoms with E-state index in [0.717, 1.165) is 21.1 Å². The lowest BCUT2D eigenvalue weighted by Gasteiger charge is -2.11. The molecule has 126 valence electrons. The van der Waals surface area contributed by atoms with Crippen LogP contribution in [0.2, 0.25) is 0 Å². The smallest absolute Gasteiger partial charge is 0.239 e. The highest BCUT2D eigenvalue weighted by atomic mass is 79.9. The largest absolute Gasteiger partial charge is 0.338 e. The number of aromatic nitrogens is 4. The summed E-state index contributed by atoms with van der Waals surface area (Å²) in [5, 5.41) is 5.00. The quantitative estimate of drug-likeness (QED) is 0.559. The normalized spacial score (nSPS) is 13.2. The van der Waals surface area contributed by atoms with Crippen molar-refractivity contribution in [3.8, 4) is 5.69 Å². The van der Waals surface area contributed by atoms with E-state index >= 15 is 0 Å². The molecule has 0 N–H and O–H groups in total. The average molecular weight is 407 g/mol. The minimum Gasteiger partial charge on any atom is -0.338 e. The van der Waals surface area contributed by atoms with Crippen LogP contribution in [0, 0.1) is 0 Å². The van der Waals surface area contributed by atoms with Gasteiger partial charge in [0.05, 0.1) is 5.25 Å². The highest BCUT2D eigenvalue weighted by Gasteiger charge is 2.24. The fourth-order valence-corrected chi connectivity index (χ4v) is 3.27. The third-order valence-electron chi connectivity index (χ3n) is 3.45. The van der Waals surface area contributed by atoms with Gasteiger partial charge >= 0.3 is 0 Å². The first-order valence-electron chi connectivity index (χ1n) is 7.64. The number of thioether (sulfide) groups is 1. The fraction of sp³-hybridized carbons (Fsp3) is 0.353. The van der Waals surface area contributed by atoms with E-state index in [4.69, 9.17) is 4.52 Å². The number of halogens is 1. The summed E-state index contributed by atoms with van der Waals surface area (Å²) >= 11 is 5.06. The minimum atomic E-state index is -0.123. The minimum absolute atomic E-state index is 0.0187. The second kappa shape index (κ2) is 6.72. The van der Waals surface area contributed by atoms with Crippen LogP contribution in [-0.2, 0) is 5.41 Å². The molecule has 7 heteroatoms. The van der Waals surface area contributed by atoms with E-state index in [-0.39, 0.29) is 10.7 Å². The lowest BCUT2D eigenvalue weighted by molar-refractivity contribution is 0.364. The molecule has 3 aromatic rings. The van der Waals surface area contributed by atoms with Crippen LogP contribution < -0.4 is 0 Å². The highest BCUT2D eigenvalue weighted by molar-refractivity contribution is 9.10. The molecule has 1 atom stereocenters. The molecule has 0 aliphatic rings. The molecule has 5 nitrogen and oxygen atoms in total. The first-order valence-corrected chi connectivity index (χ1v) is 9.32. The Kier molecular flexibility index (Phi) is 4.83. The molecule has 1 aromatic carbocycles. The van der Waals surface area contributed by atoms with Crippen LogP contribution in [0.1, 0.15) is 44.7 Å². The van der Waals surface area contributed by atoms with Crippen molar-refractivity contribution in [3.63, 3.8) is 0 Å². The van der Waals surface area contributed by atoms with Gasteiger partial charge in [-0.3, -0.25) is 4.57 Å². The lowest BCUT2D eigenvalue weighted by atomic mass is 9.96. The Bertz CT molecular complexity index is 820. The van der Waals surface area contributed by atoms with Gasteiger partial charge in [-0.1, -0.05) is 53.6 Å². The maximum Gasteiger partial charge on any atom is 0.239 e. The zero-order valence-electron chi connectivity index (χ0n) is 14.0. The molecule has 1 unspecified atom stereocenters.